The minimum absolute atomic E-state index is 0.0381. The minimum Gasteiger partial charge on any atom is -0.486 e. The van der Waals surface area contributed by atoms with Gasteiger partial charge in [-0.25, -0.2) is 4.98 Å². The lowest BCUT2D eigenvalue weighted by Crippen LogP contribution is -2.40. The van der Waals surface area contributed by atoms with Crippen molar-refractivity contribution in [2.45, 2.75) is 33.0 Å². The van der Waals surface area contributed by atoms with Crippen molar-refractivity contribution in [3.63, 3.8) is 0 Å². The van der Waals surface area contributed by atoms with Gasteiger partial charge >= 0.3 is 0 Å². The zero-order valence-electron chi connectivity index (χ0n) is 15.8. The van der Waals surface area contributed by atoms with Crippen LogP contribution in [0.25, 0.3) is 11.0 Å². The second-order valence-electron chi connectivity index (χ2n) is 6.47. The Morgan fingerprint density at radius 2 is 1.89 bits per heavy atom. The molecule has 6 heteroatoms. The number of nitrogens with zero attached hydrogens (tertiary/aromatic N) is 2. The van der Waals surface area contributed by atoms with E-state index in [1.54, 1.807) is 0 Å². The van der Waals surface area contributed by atoms with Gasteiger partial charge in [0.15, 0.2) is 0 Å². The summed E-state index contributed by atoms with van der Waals surface area (Å²) in [5.41, 5.74) is 1.79. The Bertz CT molecular complexity index is 876. The molecule has 27 heavy (non-hydrogen) atoms. The van der Waals surface area contributed by atoms with E-state index in [0.29, 0.717) is 13.2 Å². The third kappa shape index (κ3) is 5.08. The summed E-state index contributed by atoms with van der Waals surface area (Å²) in [6.07, 6.45) is 0. The highest BCUT2D eigenvalue weighted by molar-refractivity contribution is 5.81. The Kier molecular flexibility index (Phi) is 6.44. The fourth-order valence-corrected chi connectivity index (χ4v) is 2.96. The van der Waals surface area contributed by atoms with Gasteiger partial charge in [-0.05, 0) is 37.7 Å². The van der Waals surface area contributed by atoms with Crippen molar-refractivity contribution >= 4 is 16.9 Å². The summed E-state index contributed by atoms with van der Waals surface area (Å²) in [7, 11) is 0. The number of benzene rings is 2. The highest BCUT2D eigenvalue weighted by atomic mass is 16.5. The van der Waals surface area contributed by atoms with E-state index in [0.717, 1.165) is 29.2 Å². The van der Waals surface area contributed by atoms with Gasteiger partial charge in [-0.2, -0.15) is 0 Å². The van der Waals surface area contributed by atoms with Crippen LogP contribution in [0.2, 0.25) is 0 Å². The van der Waals surface area contributed by atoms with E-state index in [9.17, 15) is 4.79 Å². The number of hydrogen-bond donors (Lipinski definition) is 2. The molecule has 0 aliphatic carbocycles. The first kappa shape index (κ1) is 18.9. The van der Waals surface area contributed by atoms with Crippen molar-refractivity contribution in [1.29, 1.82) is 0 Å². The molecule has 1 heterocycles. The molecule has 2 N–H and O–H groups in total. The van der Waals surface area contributed by atoms with Crippen LogP contribution in [-0.4, -0.2) is 34.6 Å². The van der Waals surface area contributed by atoms with E-state index in [-0.39, 0.29) is 18.5 Å². The number of imidazole rings is 1. The Hall–Kier alpha value is -2.86. The van der Waals surface area contributed by atoms with Crippen molar-refractivity contribution in [2.24, 2.45) is 0 Å². The fourth-order valence-electron chi connectivity index (χ4n) is 2.96. The zero-order chi connectivity index (χ0) is 19.1. The summed E-state index contributed by atoms with van der Waals surface area (Å²) in [6.45, 7) is 6.09. The van der Waals surface area contributed by atoms with Crippen LogP contribution in [0.3, 0.4) is 0 Å². The average Bonchev–Trinajstić information content (AvgIpc) is 3.03. The van der Waals surface area contributed by atoms with Crippen LogP contribution in [0.15, 0.2) is 54.6 Å². The van der Waals surface area contributed by atoms with Crippen molar-refractivity contribution in [3.8, 4) is 5.75 Å². The predicted molar refractivity (Wildman–Crippen MR) is 107 cm³/mol. The molecular weight excluding hydrogens is 340 g/mol. The van der Waals surface area contributed by atoms with Gasteiger partial charge < -0.3 is 19.9 Å². The highest BCUT2D eigenvalue weighted by Crippen LogP contribution is 2.18. The number of nitrogens with one attached hydrogen (secondary N) is 2. The van der Waals surface area contributed by atoms with Crippen molar-refractivity contribution < 1.29 is 9.53 Å². The number of carbonyl (C=O) groups is 1. The summed E-state index contributed by atoms with van der Waals surface area (Å²) in [5, 5.41) is 6.27. The molecule has 3 rings (SSSR count). The number of para-hydroxylation sites is 3. The number of hydrogen-bond acceptors (Lipinski definition) is 4. The third-order valence-corrected chi connectivity index (χ3v) is 4.30. The average molecular weight is 366 g/mol. The molecule has 0 saturated carbocycles. The number of fused-ring (bicyclic) bond motifs is 1. The Morgan fingerprint density at radius 1 is 1.15 bits per heavy atom. The summed E-state index contributed by atoms with van der Waals surface area (Å²) in [4.78, 5) is 17.1. The number of rotatable bonds is 9. The molecule has 3 aromatic rings. The van der Waals surface area contributed by atoms with Crippen LogP contribution < -0.4 is 15.4 Å². The monoisotopic (exact) mass is 366 g/mol. The number of likely N-dealkylation sites (N-methyl/N-ethyl adjacent to an activating group) is 1. The lowest BCUT2D eigenvalue weighted by molar-refractivity contribution is -0.121. The number of ether oxygens (including phenoxy) is 1. The highest BCUT2D eigenvalue weighted by Gasteiger charge is 2.14. The van der Waals surface area contributed by atoms with Gasteiger partial charge in [0.1, 0.15) is 24.7 Å². The van der Waals surface area contributed by atoms with Crippen molar-refractivity contribution in [1.82, 2.24) is 20.2 Å². The summed E-state index contributed by atoms with van der Waals surface area (Å²) in [6, 6.07) is 17.7. The molecule has 0 bridgehead atoms. The molecule has 1 amide bonds. The fraction of sp³-hybridized carbons (Fsp3) is 0.333. The van der Waals surface area contributed by atoms with Gasteiger partial charge in [0.2, 0.25) is 5.91 Å². The van der Waals surface area contributed by atoms with Crippen LogP contribution in [0.1, 0.15) is 19.7 Å². The Morgan fingerprint density at radius 3 is 2.67 bits per heavy atom. The molecular formula is C21H26N4O2. The second kappa shape index (κ2) is 9.19. The molecule has 1 atom stereocenters. The van der Waals surface area contributed by atoms with Crippen molar-refractivity contribution in [2.75, 3.05) is 13.1 Å². The van der Waals surface area contributed by atoms with E-state index in [1.165, 1.54) is 0 Å². The molecule has 6 nitrogen and oxygen atoms in total. The van der Waals surface area contributed by atoms with E-state index >= 15 is 0 Å². The Labute approximate surface area is 159 Å². The van der Waals surface area contributed by atoms with E-state index < -0.39 is 0 Å². The van der Waals surface area contributed by atoms with E-state index in [4.69, 9.17) is 4.74 Å². The maximum Gasteiger partial charge on any atom is 0.240 e. The van der Waals surface area contributed by atoms with Crippen LogP contribution in [0.5, 0.6) is 5.75 Å². The summed E-state index contributed by atoms with van der Waals surface area (Å²) < 4.78 is 7.77. The first-order chi connectivity index (χ1) is 13.2. The molecule has 0 saturated heterocycles. The van der Waals surface area contributed by atoms with Gasteiger partial charge in [-0.15, -0.1) is 0 Å². The van der Waals surface area contributed by atoms with Crippen LogP contribution in [0, 0.1) is 0 Å². The quantitative estimate of drug-likeness (QED) is 0.611. The number of carbonyl (C=O) groups excluding carboxylic acids is 1. The van der Waals surface area contributed by atoms with E-state index in [1.807, 2.05) is 59.2 Å². The van der Waals surface area contributed by atoms with Crippen LogP contribution in [0.4, 0.5) is 0 Å². The molecule has 0 spiro atoms. The number of aromatic nitrogens is 2. The normalized spacial score (nSPS) is 12.1. The molecule has 0 aliphatic heterocycles. The molecule has 0 unspecified atom stereocenters. The molecule has 142 valence electrons. The molecule has 0 fully saturated rings. The maximum atomic E-state index is 12.5. The van der Waals surface area contributed by atoms with Crippen LogP contribution in [-0.2, 0) is 17.9 Å². The summed E-state index contributed by atoms with van der Waals surface area (Å²) >= 11 is 0. The molecule has 0 radical (unpaired) electrons. The smallest absolute Gasteiger partial charge is 0.240 e. The van der Waals surface area contributed by atoms with Crippen LogP contribution >= 0.6 is 0 Å². The van der Waals surface area contributed by atoms with Crippen molar-refractivity contribution in [3.05, 3.63) is 60.4 Å². The van der Waals surface area contributed by atoms with Gasteiger partial charge in [-0.1, -0.05) is 37.3 Å². The summed E-state index contributed by atoms with van der Waals surface area (Å²) in [5.74, 6) is 1.47. The molecule has 2 aromatic carbocycles. The predicted octanol–water partition coefficient (Wildman–Crippen LogP) is 2.73. The first-order valence-corrected chi connectivity index (χ1v) is 9.29. The minimum atomic E-state index is -0.0381. The SMILES string of the molecule is CCN[C@H](C)CNC(=O)Cn1c(COc2ccccc2)nc2ccccc21. The zero-order valence-corrected chi connectivity index (χ0v) is 15.8. The Balaban J connectivity index is 1.73. The van der Waals surface area contributed by atoms with Gasteiger partial charge in [0.05, 0.1) is 11.0 Å². The standard InChI is InChI=1S/C21H26N4O2/c1-3-22-16(2)13-23-21(26)14-25-19-12-8-7-11-18(19)24-20(25)15-27-17-9-5-4-6-10-17/h4-12,16,22H,3,13-15H2,1-2H3,(H,23,26)/t16-/m1/s1. The number of amides is 1. The van der Waals surface area contributed by atoms with Gasteiger partial charge in [-0.3, -0.25) is 4.79 Å². The van der Waals surface area contributed by atoms with Gasteiger partial charge in [0.25, 0.3) is 0 Å². The topological polar surface area (TPSA) is 68.2 Å². The lowest BCUT2D eigenvalue weighted by Gasteiger charge is -2.14. The molecule has 0 aliphatic rings. The molecule has 1 aromatic heterocycles. The third-order valence-electron chi connectivity index (χ3n) is 4.30. The second-order valence-corrected chi connectivity index (χ2v) is 6.47. The first-order valence-electron chi connectivity index (χ1n) is 9.29. The maximum absolute atomic E-state index is 12.5. The van der Waals surface area contributed by atoms with E-state index in [2.05, 4.69) is 29.5 Å². The largest absolute Gasteiger partial charge is 0.486 e. The van der Waals surface area contributed by atoms with Gasteiger partial charge in [0, 0.05) is 12.6 Å². The lowest BCUT2D eigenvalue weighted by atomic mass is 10.3.